The van der Waals surface area contributed by atoms with E-state index < -0.39 is 17.9 Å². The van der Waals surface area contributed by atoms with Crippen LogP contribution in [-0.2, 0) is 11.3 Å². The molecule has 0 unspecified atom stereocenters. The van der Waals surface area contributed by atoms with Gasteiger partial charge in [-0.15, -0.1) is 0 Å². The second-order valence-electron chi connectivity index (χ2n) is 5.42. The maximum Gasteiger partial charge on any atom is 0.326 e. The van der Waals surface area contributed by atoms with E-state index in [2.05, 4.69) is 10.4 Å². The lowest BCUT2D eigenvalue weighted by molar-refractivity contribution is -0.139. The molecule has 1 aromatic carbocycles. The van der Waals surface area contributed by atoms with E-state index in [0.29, 0.717) is 18.5 Å². The van der Waals surface area contributed by atoms with Gasteiger partial charge in [0.15, 0.2) is 0 Å². The highest BCUT2D eigenvalue weighted by molar-refractivity contribution is 5.96. The number of carbonyl (C=O) groups is 2. The first-order chi connectivity index (χ1) is 11.1. The third kappa shape index (κ3) is 4.95. The van der Waals surface area contributed by atoms with Gasteiger partial charge in [0.2, 0.25) is 0 Å². The third-order valence-corrected chi connectivity index (χ3v) is 3.53. The molecule has 0 aliphatic carbocycles. The SMILES string of the molecule is CCCC[C@H](NC(=O)c1cnn(Cc2ccccc2)c1)C(=O)O. The van der Waals surface area contributed by atoms with Gasteiger partial charge in [-0.25, -0.2) is 4.79 Å². The van der Waals surface area contributed by atoms with Crippen LogP contribution in [0.5, 0.6) is 0 Å². The molecule has 0 fully saturated rings. The number of aliphatic carboxylic acids is 1. The molecule has 1 heterocycles. The van der Waals surface area contributed by atoms with Crippen molar-refractivity contribution in [3.05, 3.63) is 53.9 Å². The van der Waals surface area contributed by atoms with Gasteiger partial charge in [0, 0.05) is 6.20 Å². The van der Waals surface area contributed by atoms with Gasteiger partial charge in [-0.2, -0.15) is 5.10 Å². The van der Waals surface area contributed by atoms with E-state index in [-0.39, 0.29) is 0 Å². The Morgan fingerprint density at radius 1 is 1.30 bits per heavy atom. The molecule has 2 N–H and O–H groups in total. The van der Waals surface area contributed by atoms with E-state index in [1.807, 2.05) is 37.3 Å². The van der Waals surface area contributed by atoms with Gasteiger partial charge in [-0.05, 0) is 12.0 Å². The fraction of sp³-hybridized carbons (Fsp3) is 0.353. The Hall–Kier alpha value is -2.63. The molecular weight excluding hydrogens is 294 g/mol. The summed E-state index contributed by atoms with van der Waals surface area (Å²) in [5.41, 5.74) is 1.44. The van der Waals surface area contributed by atoms with Crippen molar-refractivity contribution in [2.45, 2.75) is 38.8 Å². The van der Waals surface area contributed by atoms with Crippen LogP contribution in [0, 0.1) is 0 Å². The number of hydrogen-bond acceptors (Lipinski definition) is 3. The maximum atomic E-state index is 12.2. The summed E-state index contributed by atoms with van der Waals surface area (Å²) < 4.78 is 1.66. The summed E-state index contributed by atoms with van der Waals surface area (Å²) in [6.45, 7) is 2.54. The quantitative estimate of drug-likeness (QED) is 0.783. The number of nitrogens with zero attached hydrogens (tertiary/aromatic N) is 2. The summed E-state index contributed by atoms with van der Waals surface area (Å²) in [5.74, 6) is -1.42. The van der Waals surface area contributed by atoms with Crippen molar-refractivity contribution in [1.82, 2.24) is 15.1 Å². The highest BCUT2D eigenvalue weighted by atomic mass is 16.4. The molecule has 0 bridgehead atoms. The van der Waals surface area contributed by atoms with Crippen molar-refractivity contribution in [3.8, 4) is 0 Å². The van der Waals surface area contributed by atoms with Crippen LogP contribution in [0.15, 0.2) is 42.7 Å². The molecule has 6 heteroatoms. The fourth-order valence-corrected chi connectivity index (χ4v) is 2.24. The van der Waals surface area contributed by atoms with Gasteiger partial charge in [0.05, 0.1) is 18.3 Å². The smallest absolute Gasteiger partial charge is 0.326 e. The van der Waals surface area contributed by atoms with Gasteiger partial charge < -0.3 is 10.4 Å². The summed E-state index contributed by atoms with van der Waals surface area (Å²) in [7, 11) is 0. The zero-order chi connectivity index (χ0) is 16.7. The number of rotatable bonds is 8. The zero-order valence-electron chi connectivity index (χ0n) is 13.1. The summed E-state index contributed by atoms with van der Waals surface area (Å²) in [6, 6.07) is 8.92. The Kier molecular flexibility index (Phi) is 5.91. The van der Waals surface area contributed by atoms with Crippen LogP contribution in [0.25, 0.3) is 0 Å². The van der Waals surface area contributed by atoms with E-state index in [1.165, 1.54) is 6.20 Å². The van der Waals surface area contributed by atoms with Crippen LogP contribution >= 0.6 is 0 Å². The topological polar surface area (TPSA) is 84.2 Å². The molecule has 1 atom stereocenters. The molecule has 0 saturated heterocycles. The maximum absolute atomic E-state index is 12.2. The monoisotopic (exact) mass is 315 g/mol. The number of carboxylic acids is 1. The summed E-state index contributed by atoms with van der Waals surface area (Å²) >= 11 is 0. The van der Waals surface area contributed by atoms with Crippen molar-refractivity contribution in [1.29, 1.82) is 0 Å². The predicted octanol–water partition coefficient (Wildman–Crippen LogP) is 2.30. The third-order valence-electron chi connectivity index (χ3n) is 3.53. The van der Waals surface area contributed by atoms with Crippen molar-refractivity contribution in [2.75, 3.05) is 0 Å². The molecule has 0 aliphatic rings. The molecule has 1 aromatic heterocycles. The largest absolute Gasteiger partial charge is 0.480 e. The van der Waals surface area contributed by atoms with Crippen molar-refractivity contribution < 1.29 is 14.7 Å². The Labute approximate surface area is 135 Å². The normalized spacial score (nSPS) is 11.9. The standard InChI is InChI=1S/C17H21N3O3/c1-2-3-9-15(17(22)23)19-16(21)14-10-18-20(12-14)11-13-7-5-4-6-8-13/h4-8,10,12,15H,2-3,9,11H2,1H3,(H,19,21)(H,22,23)/t15-/m0/s1. The fourth-order valence-electron chi connectivity index (χ4n) is 2.24. The van der Waals surface area contributed by atoms with E-state index in [4.69, 9.17) is 5.11 Å². The van der Waals surface area contributed by atoms with Crippen molar-refractivity contribution in [2.24, 2.45) is 0 Å². The Morgan fingerprint density at radius 3 is 2.70 bits per heavy atom. The second-order valence-corrected chi connectivity index (χ2v) is 5.42. The molecule has 1 amide bonds. The number of unbranched alkanes of at least 4 members (excludes halogenated alkanes) is 1. The van der Waals surface area contributed by atoms with Crippen molar-refractivity contribution in [3.63, 3.8) is 0 Å². The lowest BCUT2D eigenvalue weighted by Crippen LogP contribution is -2.40. The second kappa shape index (κ2) is 8.12. The first-order valence-electron chi connectivity index (χ1n) is 7.70. The predicted molar refractivity (Wildman–Crippen MR) is 86.2 cm³/mol. The van der Waals surface area contributed by atoms with Gasteiger partial charge in [0.1, 0.15) is 6.04 Å². The molecular formula is C17H21N3O3. The van der Waals surface area contributed by atoms with E-state index >= 15 is 0 Å². The average Bonchev–Trinajstić information content (AvgIpc) is 3.00. The summed E-state index contributed by atoms with van der Waals surface area (Å²) in [6.07, 6.45) is 5.15. The minimum absolute atomic E-state index is 0.365. The molecule has 0 aliphatic heterocycles. The molecule has 2 aromatic rings. The van der Waals surface area contributed by atoms with E-state index in [9.17, 15) is 9.59 Å². The highest BCUT2D eigenvalue weighted by Crippen LogP contribution is 2.06. The Bertz CT molecular complexity index is 652. The lowest BCUT2D eigenvalue weighted by Gasteiger charge is -2.13. The highest BCUT2D eigenvalue weighted by Gasteiger charge is 2.20. The molecule has 0 saturated carbocycles. The minimum Gasteiger partial charge on any atom is -0.480 e. The first kappa shape index (κ1) is 16.7. The van der Waals surface area contributed by atoms with Crippen LogP contribution in [-0.4, -0.2) is 32.8 Å². The number of nitrogens with one attached hydrogen (secondary N) is 1. The number of carbonyl (C=O) groups excluding carboxylic acids is 1. The number of amides is 1. The summed E-state index contributed by atoms with van der Waals surface area (Å²) in [5, 5.41) is 15.9. The molecule has 122 valence electrons. The zero-order valence-corrected chi connectivity index (χ0v) is 13.1. The van der Waals surface area contributed by atoms with Gasteiger partial charge in [-0.3, -0.25) is 9.48 Å². The van der Waals surface area contributed by atoms with Crippen LogP contribution in [0.4, 0.5) is 0 Å². The Balaban J connectivity index is 1.98. The average molecular weight is 315 g/mol. The minimum atomic E-state index is -1.01. The first-order valence-corrected chi connectivity index (χ1v) is 7.70. The molecule has 23 heavy (non-hydrogen) atoms. The number of carboxylic acid groups (broad SMARTS) is 1. The van der Waals surface area contributed by atoms with Crippen LogP contribution in [0.1, 0.15) is 42.1 Å². The number of aromatic nitrogens is 2. The van der Waals surface area contributed by atoms with Crippen LogP contribution < -0.4 is 5.32 Å². The number of hydrogen-bond donors (Lipinski definition) is 2. The van der Waals surface area contributed by atoms with Crippen LogP contribution in [0.3, 0.4) is 0 Å². The van der Waals surface area contributed by atoms with Crippen molar-refractivity contribution >= 4 is 11.9 Å². The Morgan fingerprint density at radius 2 is 2.04 bits per heavy atom. The molecule has 0 spiro atoms. The van der Waals surface area contributed by atoms with Gasteiger partial charge in [0.25, 0.3) is 5.91 Å². The van der Waals surface area contributed by atoms with Crippen LogP contribution in [0.2, 0.25) is 0 Å². The van der Waals surface area contributed by atoms with Gasteiger partial charge in [-0.1, -0.05) is 50.1 Å². The number of benzene rings is 1. The van der Waals surface area contributed by atoms with Gasteiger partial charge >= 0.3 is 5.97 Å². The molecule has 6 nitrogen and oxygen atoms in total. The summed E-state index contributed by atoms with van der Waals surface area (Å²) in [4.78, 5) is 23.3. The van der Waals surface area contributed by atoms with E-state index in [1.54, 1.807) is 10.9 Å². The lowest BCUT2D eigenvalue weighted by atomic mass is 10.1. The van der Waals surface area contributed by atoms with E-state index in [0.717, 1.165) is 18.4 Å². The molecule has 0 radical (unpaired) electrons. The molecule has 2 rings (SSSR count).